The Morgan fingerprint density at radius 2 is 1.70 bits per heavy atom. The van der Waals surface area contributed by atoms with Crippen LogP contribution in [0.25, 0.3) is 0 Å². The second-order valence-corrected chi connectivity index (χ2v) is 5.31. The molecule has 0 atom stereocenters. The number of benzene rings is 2. The van der Waals surface area contributed by atoms with Crippen molar-refractivity contribution in [3.8, 4) is 5.75 Å². The molecule has 104 valence electrons. The van der Waals surface area contributed by atoms with Crippen LogP contribution >= 0.6 is 11.6 Å². The lowest BCUT2D eigenvalue weighted by molar-refractivity contribution is 0.103. The molecule has 0 spiro atoms. The molecule has 0 aromatic heterocycles. The van der Waals surface area contributed by atoms with Gasteiger partial charge in [0.25, 0.3) is 0 Å². The van der Waals surface area contributed by atoms with Crippen LogP contribution in [0.2, 0.25) is 5.02 Å². The van der Waals surface area contributed by atoms with Gasteiger partial charge < -0.3 is 4.74 Å². The molecule has 0 saturated heterocycles. The van der Waals surface area contributed by atoms with Gasteiger partial charge in [0.15, 0.2) is 5.78 Å². The fourth-order valence-electron chi connectivity index (χ4n) is 2.18. The summed E-state index contributed by atoms with van der Waals surface area (Å²) in [5, 5.41) is 0.468. The molecule has 0 aliphatic rings. The highest BCUT2D eigenvalue weighted by atomic mass is 35.5. The van der Waals surface area contributed by atoms with Crippen LogP contribution in [-0.4, -0.2) is 12.9 Å². The summed E-state index contributed by atoms with van der Waals surface area (Å²) in [6, 6.07) is 9.15. The zero-order valence-electron chi connectivity index (χ0n) is 12.1. The topological polar surface area (TPSA) is 26.3 Å². The SMILES string of the molecule is COc1c(C(=O)c2ccc(C)cc2Cl)ccc(C)c1C. The molecule has 2 aromatic rings. The smallest absolute Gasteiger partial charge is 0.198 e. The second-order valence-electron chi connectivity index (χ2n) is 4.90. The Hall–Kier alpha value is -1.80. The molecule has 3 heteroatoms. The predicted octanol–water partition coefficient (Wildman–Crippen LogP) is 4.50. The van der Waals surface area contributed by atoms with Gasteiger partial charge in [-0.25, -0.2) is 0 Å². The van der Waals surface area contributed by atoms with Gasteiger partial charge >= 0.3 is 0 Å². The summed E-state index contributed by atoms with van der Waals surface area (Å²) in [6.07, 6.45) is 0. The van der Waals surface area contributed by atoms with Crippen LogP contribution in [0.4, 0.5) is 0 Å². The normalized spacial score (nSPS) is 10.4. The molecule has 2 nitrogen and oxygen atoms in total. The van der Waals surface area contributed by atoms with Crippen LogP contribution < -0.4 is 4.74 Å². The molecule has 0 heterocycles. The van der Waals surface area contributed by atoms with Gasteiger partial charge in [0.05, 0.1) is 17.7 Å². The van der Waals surface area contributed by atoms with Gasteiger partial charge in [0, 0.05) is 5.56 Å². The van der Waals surface area contributed by atoms with Gasteiger partial charge in [-0.1, -0.05) is 23.7 Å². The Labute approximate surface area is 124 Å². The van der Waals surface area contributed by atoms with Crippen LogP contribution in [-0.2, 0) is 0 Å². The van der Waals surface area contributed by atoms with E-state index >= 15 is 0 Å². The van der Waals surface area contributed by atoms with Crippen LogP contribution in [0, 0.1) is 20.8 Å². The number of carbonyl (C=O) groups is 1. The van der Waals surface area contributed by atoms with Crippen LogP contribution in [0.15, 0.2) is 30.3 Å². The summed E-state index contributed by atoms with van der Waals surface area (Å²) in [7, 11) is 1.58. The number of carbonyl (C=O) groups excluding carboxylic acids is 1. The van der Waals surface area contributed by atoms with Gasteiger partial charge in [-0.05, 0) is 55.7 Å². The Kier molecular flexibility index (Phi) is 4.15. The summed E-state index contributed by atoms with van der Waals surface area (Å²) in [4.78, 5) is 12.7. The number of rotatable bonds is 3. The van der Waals surface area contributed by atoms with E-state index in [1.807, 2.05) is 32.9 Å². The van der Waals surface area contributed by atoms with Crippen LogP contribution in [0.5, 0.6) is 5.75 Å². The molecular formula is C17H17ClO2. The first kappa shape index (κ1) is 14.6. The maximum absolute atomic E-state index is 12.7. The van der Waals surface area contributed by atoms with E-state index in [0.717, 1.165) is 16.7 Å². The van der Waals surface area contributed by atoms with Crippen molar-refractivity contribution < 1.29 is 9.53 Å². The van der Waals surface area contributed by atoms with Gasteiger partial charge in [-0.15, -0.1) is 0 Å². The average molecular weight is 289 g/mol. The Morgan fingerprint density at radius 1 is 1.05 bits per heavy atom. The quantitative estimate of drug-likeness (QED) is 0.777. The standard InChI is InChI=1S/C17H17ClO2/c1-10-5-7-13(15(18)9-10)16(19)14-8-6-11(2)12(3)17(14)20-4/h5-9H,1-4H3. The molecule has 0 N–H and O–H groups in total. The first-order chi connectivity index (χ1) is 9.45. The highest BCUT2D eigenvalue weighted by molar-refractivity contribution is 6.35. The number of hydrogen-bond acceptors (Lipinski definition) is 2. The van der Waals surface area contributed by atoms with E-state index < -0.39 is 0 Å². The van der Waals surface area contributed by atoms with Crippen molar-refractivity contribution in [2.45, 2.75) is 20.8 Å². The lowest BCUT2D eigenvalue weighted by Crippen LogP contribution is -2.06. The molecule has 0 saturated carbocycles. The van der Waals surface area contributed by atoms with Crippen molar-refractivity contribution in [2.24, 2.45) is 0 Å². The maximum atomic E-state index is 12.7. The van der Waals surface area contributed by atoms with Crippen LogP contribution in [0.3, 0.4) is 0 Å². The Morgan fingerprint density at radius 3 is 2.30 bits per heavy atom. The lowest BCUT2D eigenvalue weighted by atomic mass is 9.97. The largest absolute Gasteiger partial charge is 0.496 e. The number of hydrogen-bond donors (Lipinski definition) is 0. The lowest BCUT2D eigenvalue weighted by Gasteiger charge is -2.13. The number of aryl methyl sites for hydroxylation is 2. The Balaban J connectivity index is 2.56. The fourth-order valence-corrected chi connectivity index (χ4v) is 2.50. The highest BCUT2D eigenvalue weighted by Gasteiger charge is 2.19. The summed E-state index contributed by atoms with van der Waals surface area (Å²) in [5.74, 6) is 0.501. The summed E-state index contributed by atoms with van der Waals surface area (Å²) in [5.41, 5.74) is 4.13. The van der Waals surface area contributed by atoms with Gasteiger partial charge in [0.2, 0.25) is 0 Å². The molecule has 0 fully saturated rings. The van der Waals surface area contributed by atoms with Crippen molar-refractivity contribution >= 4 is 17.4 Å². The molecule has 0 aliphatic carbocycles. The maximum Gasteiger partial charge on any atom is 0.198 e. The molecular weight excluding hydrogens is 272 g/mol. The summed E-state index contributed by atoms with van der Waals surface area (Å²) >= 11 is 6.18. The van der Waals surface area contributed by atoms with Crippen molar-refractivity contribution in [1.29, 1.82) is 0 Å². The summed E-state index contributed by atoms with van der Waals surface area (Å²) < 4.78 is 5.40. The fraction of sp³-hybridized carbons (Fsp3) is 0.235. The first-order valence-corrected chi connectivity index (χ1v) is 6.78. The molecule has 2 rings (SSSR count). The van der Waals surface area contributed by atoms with Gasteiger partial charge in [-0.2, -0.15) is 0 Å². The van der Waals surface area contributed by atoms with E-state index in [1.54, 1.807) is 25.3 Å². The van der Waals surface area contributed by atoms with Crippen molar-refractivity contribution in [3.05, 3.63) is 63.2 Å². The number of ketones is 1. The molecule has 0 bridgehead atoms. The average Bonchev–Trinajstić information content (AvgIpc) is 2.41. The minimum Gasteiger partial charge on any atom is -0.496 e. The second kappa shape index (κ2) is 5.68. The third kappa shape index (κ3) is 2.56. The first-order valence-electron chi connectivity index (χ1n) is 6.40. The number of ether oxygens (including phenoxy) is 1. The minimum atomic E-state index is -0.116. The monoisotopic (exact) mass is 288 g/mol. The number of methoxy groups -OCH3 is 1. The summed E-state index contributed by atoms with van der Waals surface area (Å²) in [6.45, 7) is 5.88. The third-order valence-electron chi connectivity index (χ3n) is 3.49. The zero-order chi connectivity index (χ0) is 14.9. The predicted molar refractivity (Wildman–Crippen MR) is 82.1 cm³/mol. The third-order valence-corrected chi connectivity index (χ3v) is 3.81. The van der Waals surface area contributed by atoms with Crippen molar-refractivity contribution in [3.63, 3.8) is 0 Å². The Bertz CT molecular complexity index is 675. The molecule has 0 unspecified atom stereocenters. The van der Waals surface area contributed by atoms with Crippen LogP contribution in [0.1, 0.15) is 32.6 Å². The molecule has 0 radical (unpaired) electrons. The number of halogens is 1. The van der Waals surface area contributed by atoms with Gasteiger partial charge in [0.1, 0.15) is 5.75 Å². The molecule has 2 aromatic carbocycles. The van der Waals surface area contributed by atoms with E-state index in [-0.39, 0.29) is 5.78 Å². The molecule has 0 amide bonds. The molecule has 20 heavy (non-hydrogen) atoms. The van der Waals surface area contributed by atoms with E-state index in [0.29, 0.717) is 21.9 Å². The van der Waals surface area contributed by atoms with E-state index in [9.17, 15) is 4.79 Å². The van der Waals surface area contributed by atoms with E-state index in [4.69, 9.17) is 16.3 Å². The minimum absolute atomic E-state index is 0.116. The van der Waals surface area contributed by atoms with E-state index in [1.165, 1.54) is 0 Å². The van der Waals surface area contributed by atoms with Crippen molar-refractivity contribution in [2.75, 3.05) is 7.11 Å². The van der Waals surface area contributed by atoms with Crippen molar-refractivity contribution in [1.82, 2.24) is 0 Å². The van der Waals surface area contributed by atoms with Gasteiger partial charge in [-0.3, -0.25) is 4.79 Å². The zero-order valence-corrected chi connectivity index (χ0v) is 12.8. The molecule has 0 aliphatic heterocycles. The van der Waals surface area contributed by atoms with E-state index in [2.05, 4.69) is 0 Å². The highest BCUT2D eigenvalue weighted by Crippen LogP contribution is 2.30.